The number of rotatable bonds is 10. The van der Waals surface area contributed by atoms with Crippen molar-refractivity contribution in [2.24, 2.45) is 63.6 Å². The maximum atomic E-state index is 12.5. The van der Waals surface area contributed by atoms with Gasteiger partial charge in [0.15, 0.2) is 5.78 Å². The first-order chi connectivity index (χ1) is 30.1. The number of aliphatic hydroxyl groups excluding tert-OH is 2. The Morgan fingerprint density at radius 2 is 1.76 bits per heavy atom. The molecule has 0 bridgehead atoms. The SMILES string of the molecule is CC#C[C@@]1(O)CCC2C3CCC4=CC(=O)CCC4=C3[C@H](c3ccc(OCCO[C@H]4CC[C@@]5(C)C(C4)C[C@@H](O)[C@H]4[C@@H]6CC[C@H]([C@H](C)CCC(=O)OC)[C@@]6(C)[C@@H](O)C[C@@H]45)c(C)c3)C[C@@]21C. The summed E-state index contributed by atoms with van der Waals surface area (Å²) in [6.07, 6.45) is 14.9. The van der Waals surface area contributed by atoms with E-state index in [0.717, 1.165) is 94.8 Å². The average molecular weight is 865 g/mol. The van der Waals surface area contributed by atoms with Crippen LogP contribution in [-0.2, 0) is 19.1 Å². The van der Waals surface area contributed by atoms with Gasteiger partial charge in [-0.2, -0.15) is 0 Å². The van der Waals surface area contributed by atoms with Crippen molar-refractivity contribution in [3.05, 3.63) is 52.1 Å². The van der Waals surface area contributed by atoms with E-state index in [2.05, 4.69) is 64.7 Å². The van der Waals surface area contributed by atoms with Gasteiger partial charge in [-0.1, -0.05) is 51.3 Å². The lowest BCUT2D eigenvalue weighted by atomic mass is 9.43. The van der Waals surface area contributed by atoms with Crippen molar-refractivity contribution in [1.29, 1.82) is 0 Å². The highest BCUT2D eigenvalue weighted by molar-refractivity contribution is 5.93. The van der Waals surface area contributed by atoms with E-state index in [-0.39, 0.29) is 63.9 Å². The molecule has 8 aliphatic carbocycles. The lowest BCUT2D eigenvalue weighted by molar-refractivity contribution is -0.209. The number of hydrogen-bond acceptors (Lipinski definition) is 8. The fourth-order valence-electron chi connectivity index (χ4n) is 16.7. The predicted octanol–water partition coefficient (Wildman–Crippen LogP) is 9.60. The topological polar surface area (TPSA) is 123 Å². The third-order valence-corrected chi connectivity index (χ3v) is 20.0. The Balaban J connectivity index is 0.836. The van der Waals surface area contributed by atoms with Crippen LogP contribution in [-0.4, -0.2) is 71.3 Å². The summed E-state index contributed by atoms with van der Waals surface area (Å²) in [5.74, 6) is 9.99. The van der Waals surface area contributed by atoms with Gasteiger partial charge in [0, 0.05) is 24.2 Å². The Bertz CT molecular complexity index is 2080. The number of ether oxygens (including phenoxy) is 3. The monoisotopic (exact) mass is 865 g/mol. The van der Waals surface area contributed by atoms with Crippen molar-refractivity contribution in [2.75, 3.05) is 20.3 Å². The molecule has 0 spiro atoms. The van der Waals surface area contributed by atoms with E-state index in [4.69, 9.17) is 14.2 Å². The highest BCUT2D eigenvalue weighted by atomic mass is 16.5. The number of carbonyl (C=O) groups is 2. The Hall–Kier alpha value is -2.96. The quantitative estimate of drug-likeness (QED) is 0.121. The number of aliphatic hydroxyl groups is 3. The van der Waals surface area contributed by atoms with Gasteiger partial charge in [0.05, 0.1) is 32.0 Å². The summed E-state index contributed by atoms with van der Waals surface area (Å²) in [7, 11) is 1.45. The summed E-state index contributed by atoms with van der Waals surface area (Å²) in [5, 5.41) is 36.1. The molecule has 8 nitrogen and oxygen atoms in total. The second-order valence-electron chi connectivity index (χ2n) is 22.6. The number of allylic oxidation sites excluding steroid dienone is 4. The van der Waals surface area contributed by atoms with E-state index in [0.29, 0.717) is 62.1 Å². The predicted molar refractivity (Wildman–Crippen MR) is 243 cm³/mol. The third kappa shape index (κ3) is 7.41. The van der Waals surface area contributed by atoms with E-state index in [1.54, 1.807) is 0 Å². The van der Waals surface area contributed by atoms with E-state index >= 15 is 0 Å². The van der Waals surface area contributed by atoms with E-state index in [1.807, 2.05) is 13.0 Å². The number of ketones is 1. The minimum atomic E-state index is -0.998. The molecule has 0 saturated heterocycles. The van der Waals surface area contributed by atoms with Gasteiger partial charge in [0.2, 0.25) is 0 Å². The number of carbonyl (C=O) groups excluding carboxylic acids is 2. The first-order valence-corrected chi connectivity index (χ1v) is 25.0. The molecule has 6 fully saturated rings. The highest BCUT2D eigenvalue weighted by Gasteiger charge is 2.66. The van der Waals surface area contributed by atoms with E-state index < -0.39 is 11.7 Å². The third-order valence-electron chi connectivity index (χ3n) is 20.0. The minimum Gasteiger partial charge on any atom is -0.491 e. The molecule has 0 radical (unpaired) electrons. The molecule has 8 heteroatoms. The summed E-state index contributed by atoms with van der Waals surface area (Å²) < 4.78 is 17.9. The van der Waals surface area contributed by atoms with Crippen molar-refractivity contribution >= 4 is 11.8 Å². The Morgan fingerprint density at radius 3 is 2.52 bits per heavy atom. The lowest BCUT2D eigenvalue weighted by Crippen LogP contribution is -2.62. The van der Waals surface area contributed by atoms with Crippen LogP contribution in [0.15, 0.2) is 41.0 Å². The average Bonchev–Trinajstić information content (AvgIpc) is 3.75. The van der Waals surface area contributed by atoms with Crippen LogP contribution in [0.4, 0.5) is 0 Å². The van der Waals surface area contributed by atoms with Crippen LogP contribution >= 0.6 is 0 Å². The molecule has 3 N–H and O–H groups in total. The molecule has 0 aliphatic heterocycles. The Labute approximate surface area is 377 Å². The number of hydrogen-bond donors (Lipinski definition) is 3. The molecule has 16 atom stereocenters. The molecular formula is C55H76O8. The van der Waals surface area contributed by atoms with Gasteiger partial charge < -0.3 is 29.5 Å². The normalized spacial score (nSPS) is 43.2. The molecule has 1 aromatic rings. The Kier molecular flexibility index (Phi) is 12.2. The standard InChI is InChI=1S/C55H76O8/c1-8-21-55(60)23-20-43-40-13-10-35-27-37(56)12-14-39(35)50(40)41(31-53(43,55)5)34-11-17-47(33(3)26-34)63-25-24-62-38-19-22-52(4)36(28-38)29-46(57)51-44-16-15-42(32(2)9-18-49(59)61-7)54(44,6)48(58)30-45(51)52/h11,17,26-27,32,36,38,40-46,48,51,57-58,60H,9-10,12-16,18-20,22-25,28-31H2,1-7H3/t32-,36?,38+,40?,41+,42-,43?,44+,45+,46-,48+,51+,52+,53+,54-,55-/m1/s1. The van der Waals surface area contributed by atoms with Crippen LogP contribution in [0.25, 0.3) is 0 Å². The van der Waals surface area contributed by atoms with Gasteiger partial charge in [0.25, 0.3) is 0 Å². The maximum absolute atomic E-state index is 12.5. The van der Waals surface area contributed by atoms with Crippen LogP contribution in [0.2, 0.25) is 0 Å². The second kappa shape index (κ2) is 17.0. The summed E-state index contributed by atoms with van der Waals surface area (Å²) in [5.41, 5.74) is 5.03. The van der Waals surface area contributed by atoms with Crippen molar-refractivity contribution in [3.8, 4) is 17.6 Å². The lowest BCUT2D eigenvalue weighted by Gasteiger charge is -2.63. The fourth-order valence-corrected chi connectivity index (χ4v) is 16.7. The number of methoxy groups -OCH3 is 1. The molecule has 9 rings (SSSR count). The maximum Gasteiger partial charge on any atom is 0.305 e. The van der Waals surface area contributed by atoms with Crippen molar-refractivity contribution in [3.63, 3.8) is 0 Å². The van der Waals surface area contributed by atoms with Gasteiger partial charge in [-0.25, -0.2) is 0 Å². The zero-order valence-electron chi connectivity index (χ0n) is 39.3. The van der Waals surface area contributed by atoms with E-state index in [9.17, 15) is 24.9 Å². The summed E-state index contributed by atoms with van der Waals surface area (Å²) >= 11 is 0. The molecule has 0 amide bonds. The minimum absolute atomic E-state index is 0.0627. The van der Waals surface area contributed by atoms with Gasteiger partial charge in [-0.05, 0) is 196 Å². The van der Waals surface area contributed by atoms with Crippen LogP contribution in [0, 0.1) is 82.4 Å². The molecule has 1 aromatic carbocycles. The van der Waals surface area contributed by atoms with Crippen LogP contribution in [0.5, 0.6) is 5.75 Å². The number of fused-ring (bicyclic) bond motifs is 9. The van der Waals surface area contributed by atoms with Gasteiger partial charge in [0.1, 0.15) is 18.0 Å². The zero-order chi connectivity index (χ0) is 44.6. The van der Waals surface area contributed by atoms with Crippen molar-refractivity contribution < 1.29 is 39.1 Å². The molecule has 3 unspecified atom stereocenters. The molecule has 8 aliphatic rings. The fraction of sp³-hybridized carbons (Fsp3) is 0.745. The van der Waals surface area contributed by atoms with Gasteiger partial charge >= 0.3 is 5.97 Å². The first-order valence-electron chi connectivity index (χ1n) is 25.0. The molecule has 344 valence electrons. The number of benzene rings is 1. The summed E-state index contributed by atoms with van der Waals surface area (Å²) in [4.78, 5) is 24.5. The first kappa shape index (κ1) is 45.2. The second-order valence-corrected chi connectivity index (χ2v) is 22.6. The van der Waals surface area contributed by atoms with Crippen molar-refractivity contribution in [2.45, 2.75) is 174 Å². The highest BCUT2D eigenvalue weighted by Crippen LogP contribution is 2.69. The summed E-state index contributed by atoms with van der Waals surface area (Å²) in [6, 6.07) is 6.66. The molecular weight excluding hydrogens is 789 g/mol. The molecule has 0 aromatic heterocycles. The van der Waals surface area contributed by atoms with Gasteiger partial charge in [-0.15, -0.1) is 5.92 Å². The largest absolute Gasteiger partial charge is 0.491 e. The molecule has 0 heterocycles. The zero-order valence-corrected chi connectivity index (χ0v) is 39.3. The van der Waals surface area contributed by atoms with Crippen LogP contribution < -0.4 is 4.74 Å². The molecule has 63 heavy (non-hydrogen) atoms. The number of esters is 1. The number of aryl methyl sites for hydroxylation is 1. The Morgan fingerprint density at radius 1 is 0.952 bits per heavy atom. The van der Waals surface area contributed by atoms with Crippen LogP contribution in [0.1, 0.15) is 154 Å². The summed E-state index contributed by atoms with van der Waals surface area (Å²) in [6.45, 7) is 14.2. The van der Waals surface area contributed by atoms with Crippen molar-refractivity contribution in [1.82, 2.24) is 0 Å². The van der Waals surface area contributed by atoms with Crippen LogP contribution in [0.3, 0.4) is 0 Å². The smallest absolute Gasteiger partial charge is 0.305 e. The van der Waals surface area contributed by atoms with Gasteiger partial charge in [-0.3, -0.25) is 9.59 Å². The van der Waals surface area contributed by atoms with E-state index in [1.165, 1.54) is 29.4 Å². The molecule has 6 saturated carbocycles.